The van der Waals surface area contributed by atoms with Crippen LogP contribution in [-0.2, 0) is 22.4 Å². The highest BCUT2D eigenvalue weighted by atomic mass is 35.5. The molecule has 2 aromatic carbocycles. The van der Waals surface area contributed by atoms with Gasteiger partial charge in [0.2, 0.25) is 0 Å². The Kier molecular flexibility index (Phi) is 6.57. The maximum absolute atomic E-state index is 6.12. The lowest BCUT2D eigenvalue weighted by Crippen LogP contribution is -2.41. The van der Waals surface area contributed by atoms with Gasteiger partial charge in [-0.05, 0) is 51.3 Å². The van der Waals surface area contributed by atoms with Gasteiger partial charge in [0.15, 0.2) is 0 Å². The number of hydrogen-bond acceptors (Lipinski definition) is 3. The fraction of sp³-hybridized carbons (Fsp3) is 0.429. The third kappa shape index (κ3) is 4.69. The lowest BCUT2D eigenvalue weighted by molar-refractivity contribution is 0.00578. The second-order valence-corrected chi connectivity index (χ2v) is 7.99. The summed E-state index contributed by atoms with van der Waals surface area (Å²) in [5, 5.41) is 0. The highest BCUT2D eigenvalue weighted by Gasteiger charge is 2.51. The Bertz CT molecular complexity index is 688. The van der Waals surface area contributed by atoms with Gasteiger partial charge in [0.1, 0.15) is 0 Å². The van der Waals surface area contributed by atoms with Crippen LogP contribution in [0.3, 0.4) is 0 Å². The largest absolute Gasteiger partial charge is 0.494 e. The fourth-order valence-corrected chi connectivity index (χ4v) is 3.02. The zero-order chi connectivity index (χ0) is 18.1. The molecule has 0 spiro atoms. The van der Waals surface area contributed by atoms with Crippen molar-refractivity contribution in [1.29, 1.82) is 0 Å². The van der Waals surface area contributed by atoms with E-state index in [1.807, 2.05) is 0 Å². The van der Waals surface area contributed by atoms with E-state index in [1.165, 1.54) is 11.1 Å². The minimum Gasteiger partial charge on any atom is -0.399 e. The maximum atomic E-state index is 6.12. The smallest absolute Gasteiger partial charge is 0.399 e. The van der Waals surface area contributed by atoms with E-state index in [0.717, 1.165) is 18.6 Å². The van der Waals surface area contributed by atoms with Crippen LogP contribution < -0.4 is 5.46 Å². The van der Waals surface area contributed by atoms with Crippen molar-refractivity contribution in [2.24, 2.45) is 0 Å². The number of benzene rings is 2. The molecule has 140 valence electrons. The van der Waals surface area contributed by atoms with E-state index in [2.05, 4.69) is 94.2 Å². The summed E-state index contributed by atoms with van der Waals surface area (Å²) in [5.74, 6) is 0. The van der Waals surface area contributed by atoms with Crippen molar-refractivity contribution in [3.05, 3.63) is 65.7 Å². The average Bonchev–Trinajstić information content (AvgIpc) is 2.77. The van der Waals surface area contributed by atoms with Gasteiger partial charge in [-0.2, -0.15) is 0 Å². The molecule has 1 aliphatic rings. The van der Waals surface area contributed by atoms with Crippen LogP contribution in [0.4, 0.5) is 0 Å². The summed E-state index contributed by atoms with van der Waals surface area (Å²) in [6.07, 6.45) is 0. The average molecular weight is 374 g/mol. The zero-order valence-corrected chi connectivity index (χ0v) is 17.2. The molecule has 0 saturated carbocycles. The lowest BCUT2D eigenvalue weighted by Gasteiger charge is -2.32. The van der Waals surface area contributed by atoms with Gasteiger partial charge >= 0.3 is 7.12 Å². The molecule has 0 radical (unpaired) electrons. The zero-order valence-electron chi connectivity index (χ0n) is 16.4. The highest BCUT2D eigenvalue weighted by Crippen LogP contribution is 2.36. The highest BCUT2D eigenvalue weighted by molar-refractivity contribution is 6.62. The van der Waals surface area contributed by atoms with Gasteiger partial charge in [0.05, 0.1) is 11.2 Å². The SMILES string of the molecule is CN(Cc1ccccc1)Cc1ccc(B2OC(C)(C)C(C)(C)O2)cc1.Cl. The van der Waals surface area contributed by atoms with E-state index in [-0.39, 0.29) is 30.7 Å². The van der Waals surface area contributed by atoms with Crippen LogP contribution in [0.5, 0.6) is 0 Å². The Morgan fingerprint density at radius 1 is 0.769 bits per heavy atom. The summed E-state index contributed by atoms with van der Waals surface area (Å²) in [6.45, 7) is 10.2. The van der Waals surface area contributed by atoms with Crippen molar-refractivity contribution in [1.82, 2.24) is 4.90 Å². The van der Waals surface area contributed by atoms with E-state index >= 15 is 0 Å². The first-order valence-corrected chi connectivity index (χ1v) is 8.94. The molecule has 26 heavy (non-hydrogen) atoms. The van der Waals surface area contributed by atoms with Crippen LogP contribution in [0, 0.1) is 0 Å². The van der Waals surface area contributed by atoms with Gasteiger partial charge in [-0.15, -0.1) is 12.4 Å². The van der Waals surface area contributed by atoms with Crippen LogP contribution >= 0.6 is 12.4 Å². The normalized spacial score (nSPS) is 18.0. The quantitative estimate of drug-likeness (QED) is 0.738. The van der Waals surface area contributed by atoms with E-state index < -0.39 is 0 Å². The Hall–Kier alpha value is -1.33. The van der Waals surface area contributed by atoms with Crippen LogP contribution in [0.25, 0.3) is 0 Å². The summed E-state index contributed by atoms with van der Waals surface area (Å²) >= 11 is 0. The molecule has 1 aliphatic heterocycles. The Morgan fingerprint density at radius 2 is 1.23 bits per heavy atom. The first-order valence-electron chi connectivity index (χ1n) is 8.94. The molecule has 5 heteroatoms. The van der Waals surface area contributed by atoms with Crippen molar-refractivity contribution in [3.8, 4) is 0 Å². The molecule has 3 nitrogen and oxygen atoms in total. The molecule has 0 amide bonds. The minimum atomic E-state index is -0.299. The minimum absolute atomic E-state index is 0. The second-order valence-electron chi connectivity index (χ2n) is 7.99. The topological polar surface area (TPSA) is 21.7 Å². The summed E-state index contributed by atoms with van der Waals surface area (Å²) in [4.78, 5) is 2.32. The number of nitrogens with zero attached hydrogens (tertiary/aromatic N) is 1. The molecule has 0 aliphatic carbocycles. The van der Waals surface area contributed by atoms with Crippen molar-refractivity contribution in [2.45, 2.75) is 52.0 Å². The summed E-state index contributed by atoms with van der Waals surface area (Å²) < 4.78 is 12.2. The number of hydrogen-bond donors (Lipinski definition) is 0. The summed E-state index contributed by atoms with van der Waals surface area (Å²) in [5.41, 5.74) is 3.10. The monoisotopic (exact) mass is 373 g/mol. The third-order valence-corrected chi connectivity index (χ3v) is 5.25. The predicted octanol–water partition coefficient (Wildman–Crippen LogP) is 4.04. The molecule has 0 unspecified atom stereocenters. The third-order valence-electron chi connectivity index (χ3n) is 5.25. The maximum Gasteiger partial charge on any atom is 0.494 e. The van der Waals surface area contributed by atoms with Crippen molar-refractivity contribution in [3.63, 3.8) is 0 Å². The molecule has 1 fully saturated rings. The molecule has 0 N–H and O–H groups in total. The van der Waals surface area contributed by atoms with Gasteiger partial charge in [-0.25, -0.2) is 0 Å². The van der Waals surface area contributed by atoms with E-state index in [0.29, 0.717) is 0 Å². The van der Waals surface area contributed by atoms with Gasteiger partial charge in [-0.1, -0.05) is 54.6 Å². The summed E-state index contributed by atoms with van der Waals surface area (Å²) in [7, 11) is 1.86. The second kappa shape index (κ2) is 8.14. The predicted molar refractivity (Wildman–Crippen MR) is 111 cm³/mol. The van der Waals surface area contributed by atoms with Gasteiger partial charge in [0.25, 0.3) is 0 Å². The molecule has 0 aromatic heterocycles. The van der Waals surface area contributed by atoms with Crippen molar-refractivity contribution >= 4 is 25.0 Å². The lowest BCUT2D eigenvalue weighted by atomic mass is 9.79. The van der Waals surface area contributed by atoms with Crippen molar-refractivity contribution in [2.75, 3.05) is 7.05 Å². The molecule has 1 saturated heterocycles. The van der Waals surface area contributed by atoms with Gasteiger partial charge < -0.3 is 9.31 Å². The van der Waals surface area contributed by atoms with Crippen LogP contribution in [0.1, 0.15) is 38.8 Å². The molecule has 0 atom stereocenters. The van der Waals surface area contributed by atoms with Gasteiger partial charge in [-0.3, -0.25) is 4.90 Å². The Morgan fingerprint density at radius 3 is 1.73 bits per heavy atom. The van der Waals surface area contributed by atoms with E-state index in [1.54, 1.807) is 0 Å². The Labute approximate surface area is 164 Å². The number of rotatable bonds is 5. The number of halogens is 1. The van der Waals surface area contributed by atoms with Crippen LogP contribution in [0.15, 0.2) is 54.6 Å². The molecule has 2 aromatic rings. The molecule has 1 heterocycles. The van der Waals surface area contributed by atoms with E-state index in [4.69, 9.17) is 9.31 Å². The Balaban J connectivity index is 0.00000243. The van der Waals surface area contributed by atoms with Gasteiger partial charge in [0, 0.05) is 13.1 Å². The molecular weight excluding hydrogens is 345 g/mol. The fourth-order valence-electron chi connectivity index (χ4n) is 3.02. The van der Waals surface area contributed by atoms with Crippen molar-refractivity contribution < 1.29 is 9.31 Å². The van der Waals surface area contributed by atoms with Crippen LogP contribution in [0.2, 0.25) is 0 Å². The standard InChI is InChI=1S/C21H28BNO2.ClH/c1-20(2)21(3,4)25-22(24-20)19-13-11-18(12-14-19)16-23(5)15-17-9-7-6-8-10-17;/h6-14H,15-16H2,1-5H3;1H. The molecule has 3 rings (SSSR count). The summed E-state index contributed by atoms with van der Waals surface area (Å²) in [6, 6.07) is 19.1. The van der Waals surface area contributed by atoms with Crippen LogP contribution in [-0.4, -0.2) is 30.3 Å². The van der Waals surface area contributed by atoms with E-state index in [9.17, 15) is 0 Å². The first-order chi connectivity index (χ1) is 11.8. The first kappa shape index (κ1) is 21.0. The molecular formula is C21H29BClNO2. The molecule has 0 bridgehead atoms.